The van der Waals surface area contributed by atoms with Crippen molar-refractivity contribution < 1.29 is 14.6 Å². The summed E-state index contributed by atoms with van der Waals surface area (Å²) in [6.07, 6.45) is 0. The lowest BCUT2D eigenvalue weighted by atomic mass is 10.1. The molecule has 0 saturated heterocycles. The normalized spacial score (nSPS) is 14.1. The van der Waals surface area contributed by atoms with Gasteiger partial charge in [0.2, 0.25) is 0 Å². The first-order valence-electron chi connectivity index (χ1n) is 5.20. The number of aliphatic hydroxyl groups is 1. The Morgan fingerprint density at radius 3 is 2.76 bits per heavy atom. The van der Waals surface area contributed by atoms with Crippen LogP contribution in [0.25, 0.3) is 0 Å². The van der Waals surface area contributed by atoms with Gasteiger partial charge < -0.3 is 15.2 Å². The van der Waals surface area contributed by atoms with E-state index in [0.29, 0.717) is 5.56 Å². The third-order valence-electron chi connectivity index (χ3n) is 2.20. The summed E-state index contributed by atoms with van der Waals surface area (Å²) in [5.74, 6) is -0.189. The highest BCUT2D eigenvalue weighted by Gasteiger charge is 2.21. The minimum Gasteiger partial charge on any atom is -0.386 e. The molecule has 5 heteroatoms. The number of rotatable bonds is 5. The van der Waals surface area contributed by atoms with E-state index in [0.717, 1.165) is 3.57 Å². The van der Waals surface area contributed by atoms with Gasteiger partial charge in [-0.2, -0.15) is 0 Å². The maximum Gasteiger partial charge on any atom is 0.252 e. The molecule has 0 saturated carbocycles. The van der Waals surface area contributed by atoms with Crippen LogP contribution in [-0.4, -0.2) is 36.9 Å². The predicted octanol–water partition coefficient (Wildman–Crippen LogP) is 1.42. The molecule has 1 rings (SSSR count). The lowest BCUT2D eigenvalue weighted by molar-refractivity contribution is -0.0147. The second kappa shape index (κ2) is 6.32. The first-order chi connectivity index (χ1) is 7.96. The van der Waals surface area contributed by atoms with Crippen molar-refractivity contribution in [1.82, 2.24) is 5.32 Å². The van der Waals surface area contributed by atoms with Gasteiger partial charge >= 0.3 is 0 Å². The molecule has 0 aromatic heterocycles. The van der Waals surface area contributed by atoms with E-state index in [1.807, 2.05) is 18.2 Å². The maximum atomic E-state index is 11.8. The summed E-state index contributed by atoms with van der Waals surface area (Å²) in [6, 6.07) is 7.30. The molecule has 4 nitrogen and oxygen atoms in total. The second-order valence-electron chi connectivity index (χ2n) is 4.09. The van der Waals surface area contributed by atoms with Crippen LogP contribution in [-0.2, 0) is 4.74 Å². The average Bonchev–Trinajstić information content (AvgIpc) is 2.27. The average molecular weight is 349 g/mol. The number of halogens is 1. The van der Waals surface area contributed by atoms with Crippen LogP contribution in [0.2, 0.25) is 0 Å². The van der Waals surface area contributed by atoms with Crippen LogP contribution in [0.5, 0.6) is 0 Å². The quantitative estimate of drug-likeness (QED) is 0.791. The molecule has 0 aliphatic carbocycles. The van der Waals surface area contributed by atoms with Crippen molar-refractivity contribution in [3.05, 3.63) is 33.4 Å². The fraction of sp³-hybridized carbons (Fsp3) is 0.417. The van der Waals surface area contributed by atoms with E-state index in [-0.39, 0.29) is 19.1 Å². The lowest BCUT2D eigenvalue weighted by Gasteiger charge is -2.22. The van der Waals surface area contributed by atoms with Gasteiger partial charge in [-0.25, -0.2) is 0 Å². The van der Waals surface area contributed by atoms with Gasteiger partial charge in [-0.15, -0.1) is 0 Å². The van der Waals surface area contributed by atoms with Crippen molar-refractivity contribution in [3.8, 4) is 0 Å². The lowest BCUT2D eigenvalue weighted by Crippen LogP contribution is -2.43. The molecule has 1 atom stereocenters. The standard InChI is InChI=1S/C12H16INO3/c1-12(16,8-17-2)7-14-11(15)9-5-3-4-6-10(9)13/h3-6,16H,7-8H2,1-2H3,(H,14,15). The Bertz CT molecular complexity index is 393. The van der Waals surface area contributed by atoms with Crippen LogP contribution in [0.3, 0.4) is 0 Å². The van der Waals surface area contributed by atoms with Gasteiger partial charge in [0.1, 0.15) is 5.60 Å². The zero-order valence-corrected chi connectivity index (χ0v) is 12.0. The third-order valence-corrected chi connectivity index (χ3v) is 3.14. The summed E-state index contributed by atoms with van der Waals surface area (Å²) < 4.78 is 5.75. The van der Waals surface area contributed by atoms with E-state index in [9.17, 15) is 9.90 Å². The summed E-state index contributed by atoms with van der Waals surface area (Å²) in [6.45, 7) is 1.95. The van der Waals surface area contributed by atoms with Gasteiger partial charge in [0.25, 0.3) is 5.91 Å². The Hall–Kier alpha value is -0.660. The van der Waals surface area contributed by atoms with E-state index in [1.165, 1.54) is 7.11 Å². The molecule has 0 heterocycles. The van der Waals surface area contributed by atoms with E-state index < -0.39 is 5.60 Å². The Morgan fingerprint density at radius 1 is 1.53 bits per heavy atom. The zero-order chi connectivity index (χ0) is 12.9. The minimum absolute atomic E-state index is 0.157. The van der Waals surface area contributed by atoms with Crippen molar-refractivity contribution in [2.24, 2.45) is 0 Å². The van der Waals surface area contributed by atoms with Crippen LogP contribution in [0, 0.1) is 3.57 Å². The monoisotopic (exact) mass is 349 g/mol. The highest BCUT2D eigenvalue weighted by Crippen LogP contribution is 2.11. The third kappa shape index (κ3) is 4.61. The van der Waals surface area contributed by atoms with Crippen molar-refractivity contribution in [1.29, 1.82) is 0 Å². The second-order valence-corrected chi connectivity index (χ2v) is 5.25. The summed E-state index contributed by atoms with van der Waals surface area (Å²) in [4.78, 5) is 11.8. The number of hydrogen-bond acceptors (Lipinski definition) is 3. The molecule has 0 aliphatic rings. The molecule has 0 fully saturated rings. The molecule has 0 aliphatic heterocycles. The minimum atomic E-state index is -1.05. The first kappa shape index (κ1) is 14.4. The largest absolute Gasteiger partial charge is 0.386 e. The van der Waals surface area contributed by atoms with Gasteiger partial charge in [0.05, 0.1) is 12.2 Å². The van der Waals surface area contributed by atoms with Crippen molar-refractivity contribution >= 4 is 28.5 Å². The molecular weight excluding hydrogens is 333 g/mol. The topological polar surface area (TPSA) is 58.6 Å². The van der Waals surface area contributed by atoms with Crippen molar-refractivity contribution in [2.45, 2.75) is 12.5 Å². The van der Waals surface area contributed by atoms with E-state index in [2.05, 4.69) is 27.9 Å². The number of methoxy groups -OCH3 is 1. The molecule has 0 radical (unpaired) electrons. The number of hydrogen-bond donors (Lipinski definition) is 2. The molecule has 1 amide bonds. The van der Waals surface area contributed by atoms with Gasteiger partial charge in [0.15, 0.2) is 0 Å². The molecule has 0 spiro atoms. The van der Waals surface area contributed by atoms with E-state index >= 15 is 0 Å². The fourth-order valence-corrected chi connectivity index (χ4v) is 2.01. The smallest absolute Gasteiger partial charge is 0.252 e. The summed E-state index contributed by atoms with van der Waals surface area (Å²) in [5.41, 5.74) is -0.439. The molecule has 1 aromatic rings. The summed E-state index contributed by atoms with van der Waals surface area (Å²) in [5, 5.41) is 12.5. The SMILES string of the molecule is COCC(C)(O)CNC(=O)c1ccccc1I. The van der Waals surface area contributed by atoms with Gasteiger partial charge in [-0.3, -0.25) is 4.79 Å². The Kier molecular flexibility index (Phi) is 5.35. The molecule has 1 unspecified atom stereocenters. The molecular formula is C12H16INO3. The Balaban J connectivity index is 2.59. The zero-order valence-electron chi connectivity index (χ0n) is 9.87. The van der Waals surface area contributed by atoms with Gasteiger partial charge in [-0.1, -0.05) is 12.1 Å². The van der Waals surface area contributed by atoms with Crippen LogP contribution in [0.15, 0.2) is 24.3 Å². The number of benzene rings is 1. The summed E-state index contributed by atoms with van der Waals surface area (Å²) in [7, 11) is 1.51. The van der Waals surface area contributed by atoms with E-state index in [1.54, 1.807) is 13.0 Å². The van der Waals surface area contributed by atoms with Crippen LogP contribution in [0.1, 0.15) is 17.3 Å². The fourth-order valence-electron chi connectivity index (χ4n) is 1.37. The molecule has 0 bridgehead atoms. The number of carbonyl (C=O) groups excluding carboxylic acids is 1. The van der Waals surface area contributed by atoms with Crippen LogP contribution >= 0.6 is 22.6 Å². The van der Waals surface area contributed by atoms with Gasteiger partial charge in [0, 0.05) is 17.2 Å². The number of nitrogens with one attached hydrogen (secondary N) is 1. The highest BCUT2D eigenvalue weighted by molar-refractivity contribution is 14.1. The van der Waals surface area contributed by atoms with E-state index in [4.69, 9.17) is 4.74 Å². The molecule has 1 aromatic carbocycles. The molecule has 94 valence electrons. The van der Waals surface area contributed by atoms with Crippen molar-refractivity contribution in [2.75, 3.05) is 20.3 Å². The van der Waals surface area contributed by atoms with Crippen LogP contribution in [0.4, 0.5) is 0 Å². The first-order valence-corrected chi connectivity index (χ1v) is 6.28. The van der Waals surface area contributed by atoms with Crippen LogP contribution < -0.4 is 5.32 Å². The molecule has 17 heavy (non-hydrogen) atoms. The summed E-state index contributed by atoms with van der Waals surface area (Å²) >= 11 is 2.10. The molecule has 2 N–H and O–H groups in total. The van der Waals surface area contributed by atoms with Gasteiger partial charge in [-0.05, 0) is 41.6 Å². The number of amides is 1. The number of ether oxygens (including phenoxy) is 1. The predicted molar refractivity (Wildman–Crippen MR) is 74.0 cm³/mol. The highest BCUT2D eigenvalue weighted by atomic mass is 127. The Labute approximate surface area is 115 Å². The Morgan fingerprint density at radius 2 is 2.18 bits per heavy atom. The van der Waals surface area contributed by atoms with Crippen molar-refractivity contribution in [3.63, 3.8) is 0 Å². The number of carbonyl (C=O) groups is 1. The maximum absolute atomic E-state index is 11.8.